The first-order chi connectivity index (χ1) is 24.3. The van der Waals surface area contributed by atoms with Crippen molar-refractivity contribution in [1.29, 1.82) is 0 Å². The van der Waals surface area contributed by atoms with Crippen molar-refractivity contribution in [2.45, 2.75) is 0 Å². The normalized spacial score (nSPS) is 11.3. The lowest BCUT2D eigenvalue weighted by Crippen LogP contribution is -2.11. The fraction of sp³-hybridized carbons (Fsp3) is 0. The van der Waals surface area contributed by atoms with Crippen LogP contribution in [0, 0.1) is 0 Å². The van der Waals surface area contributed by atoms with Crippen LogP contribution in [0.1, 0.15) is 0 Å². The number of fused-ring (bicyclic) bond motifs is 6. The van der Waals surface area contributed by atoms with Gasteiger partial charge in [-0.2, -0.15) is 0 Å². The molecule has 0 saturated heterocycles. The Morgan fingerprint density at radius 1 is 0.367 bits per heavy atom. The number of anilines is 3. The van der Waals surface area contributed by atoms with Gasteiger partial charge >= 0.3 is 0 Å². The lowest BCUT2D eigenvalue weighted by molar-refractivity contribution is 1.17. The lowest BCUT2D eigenvalue weighted by atomic mass is 9.81. The maximum atomic E-state index is 4.77. The van der Waals surface area contributed by atoms with Gasteiger partial charge in [-0.15, -0.1) is 0 Å². The molecular formula is C46H31N3. The van der Waals surface area contributed by atoms with E-state index in [2.05, 4.69) is 155 Å². The van der Waals surface area contributed by atoms with Gasteiger partial charge in [0.1, 0.15) is 5.82 Å². The number of aromatic nitrogens is 2. The molecule has 9 aromatic rings. The second-order valence-corrected chi connectivity index (χ2v) is 12.2. The van der Waals surface area contributed by atoms with Gasteiger partial charge in [0, 0.05) is 24.3 Å². The first kappa shape index (κ1) is 28.6. The number of hydrogen-bond acceptors (Lipinski definition) is 3. The molecule has 9 rings (SSSR count). The molecule has 0 radical (unpaired) electrons. The van der Waals surface area contributed by atoms with Gasteiger partial charge in [0.2, 0.25) is 0 Å². The molecule has 7 aromatic carbocycles. The van der Waals surface area contributed by atoms with E-state index in [0.717, 1.165) is 17.2 Å². The summed E-state index contributed by atoms with van der Waals surface area (Å²) in [6, 6.07) is 60.7. The minimum Gasteiger partial charge on any atom is -0.295 e. The fourth-order valence-electron chi connectivity index (χ4n) is 7.27. The topological polar surface area (TPSA) is 29.0 Å². The van der Waals surface area contributed by atoms with Crippen LogP contribution < -0.4 is 4.90 Å². The van der Waals surface area contributed by atoms with Gasteiger partial charge in [-0.25, -0.2) is 4.98 Å². The van der Waals surface area contributed by atoms with Crippen molar-refractivity contribution in [3.63, 3.8) is 0 Å². The molecule has 0 fully saturated rings. The molecule has 2 heterocycles. The number of hydrogen-bond donors (Lipinski definition) is 0. The van der Waals surface area contributed by atoms with Crippen LogP contribution in [-0.2, 0) is 0 Å². The Balaban J connectivity index is 1.47. The van der Waals surface area contributed by atoms with Crippen molar-refractivity contribution < 1.29 is 0 Å². The van der Waals surface area contributed by atoms with Crippen LogP contribution in [0.2, 0.25) is 0 Å². The SMILES string of the molecule is c1ccc(-c2cc(-c3ccccc3)c3c4ccccc4c4cc(N(c5ccncc5)c5ccccn5)ccc4c3c2-c2ccccc2)cc1. The predicted molar refractivity (Wildman–Crippen MR) is 206 cm³/mol. The predicted octanol–water partition coefficient (Wildman–Crippen LogP) is 12.4. The summed E-state index contributed by atoms with van der Waals surface area (Å²) in [6.07, 6.45) is 5.50. The molecule has 49 heavy (non-hydrogen) atoms. The van der Waals surface area contributed by atoms with Crippen molar-refractivity contribution in [2.24, 2.45) is 0 Å². The Hall–Kier alpha value is -6.58. The van der Waals surface area contributed by atoms with Gasteiger partial charge in [-0.1, -0.05) is 127 Å². The average molecular weight is 626 g/mol. The molecule has 0 spiro atoms. The zero-order chi connectivity index (χ0) is 32.6. The summed E-state index contributed by atoms with van der Waals surface area (Å²) in [5.74, 6) is 0.848. The van der Waals surface area contributed by atoms with Crippen molar-refractivity contribution in [2.75, 3.05) is 4.90 Å². The molecule has 0 atom stereocenters. The summed E-state index contributed by atoms with van der Waals surface area (Å²) in [5.41, 5.74) is 9.29. The van der Waals surface area contributed by atoms with Gasteiger partial charge in [0.05, 0.1) is 5.69 Å². The Morgan fingerprint density at radius 3 is 1.63 bits per heavy atom. The Kier molecular flexibility index (Phi) is 7.14. The third-order valence-electron chi connectivity index (χ3n) is 9.38. The average Bonchev–Trinajstić information content (AvgIpc) is 3.19. The lowest BCUT2D eigenvalue weighted by Gasteiger charge is -2.26. The highest BCUT2D eigenvalue weighted by Crippen LogP contribution is 2.49. The molecule has 0 saturated carbocycles. The van der Waals surface area contributed by atoms with E-state index in [-0.39, 0.29) is 0 Å². The summed E-state index contributed by atoms with van der Waals surface area (Å²) in [7, 11) is 0. The smallest absolute Gasteiger partial charge is 0.137 e. The van der Waals surface area contributed by atoms with Crippen molar-refractivity contribution in [3.8, 4) is 33.4 Å². The van der Waals surface area contributed by atoms with Crippen LogP contribution in [0.15, 0.2) is 188 Å². The molecule has 3 heteroatoms. The first-order valence-corrected chi connectivity index (χ1v) is 16.6. The molecule has 230 valence electrons. The Bertz CT molecular complexity index is 2530. The van der Waals surface area contributed by atoms with Crippen LogP contribution in [-0.4, -0.2) is 9.97 Å². The fourth-order valence-corrected chi connectivity index (χ4v) is 7.27. The van der Waals surface area contributed by atoms with E-state index in [0.29, 0.717) is 0 Å². The molecule has 0 aliphatic carbocycles. The largest absolute Gasteiger partial charge is 0.295 e. The highest BCUT2D eigenvalue weighted by atomic mass is 15.2. The number of rotatable bonds is 6. The Morgan fingerprint density at radius 2 is 0.959 bits per heavy atom. The van der Waals surface area contributed by atoms with Crippen molar-refractivity contribution >= 4 is 49.5 Å². The van der Waals surface area contributed by atoms with E-state index in [1.54, 1.807) is 0 Å². The van der Waals surface area contributed by atoms with E-state index in [4.69, 9.17) is 4.98 Å². The number of pyridine rings is 2. The Labute approximate surface area is 285 Å². The van der Waals surface area contributed by atoms with Gasteiger partial charge in [0.15, 0.2) is 0 Å². The van der Waals surface area contributed by atoms with Crippen LogP contribution in [0.3, 0.4) is 0 Å². The maximum absolute atomic E-state index is 4.77. The van der Waals surface area contributed by atoms with Gasteiger partial charge in [-0.05, 0) is 108 Å². The number of benzene rings is 7. The van der Waals surface area contributed by atoms with E-state index in [1.807, 2.05) is 42.9 Å². The van der Waals surface area contributed by atoms with Crippen LogP contribution >= 0.6 is 0 Å². The summed E-state index contributed by atoms with van der Waals surface area (Å²) in [6.45, 7) is 0. The number of nitrogens with zero attached hydrogens (tertiary/aromatic N) is 3. The molecular weight excluding hydrogens is 595 g/mol. The summed E-state index contributed by atoms with van der Waals surface area (Å²) < 4.78 is 0. The van der Waals surface area contributed by atoms with Crippen molar-refractivity contribution in [3.05, 3.63) is 188 Å². The summed E-state index contributed by atoms with van der Waals surface area (Å²) in [4.78, 5) is 11.3. The molecule has 0 bridgehead atoms. The highest BCUT2D eigenvalue weighted by Gasteiger charge is 2.22. The molecule has 0 amide bonds. The minimum atomic E-state index is 0.848. The second kappa shape index (κ2) is 12.2. The van der Waals surface area contributed by atoms with Crippen molar-refractivity contribution in [1.82, 2.24) is 9.97 Å². The van der Waals surface area contributed by atoms with Crippen LogP contribution in [0.4, 0.5) is 17.2 Å². The van der Waals surface area contributed by atoms with E-state index in [9.17, 15) is 0 Å². The quantitative estimate of drug-likeness (QED) is 0.172. The summed E-state index contributed by atoms with van der Waals surface area (Å²) in [5, 5.41) is 7.35. The van der Waals surface area contributed by atoms with Crippen LogP contribution in [0.25, 0.3) is 65.7 Å². The molecule has 2 aromatic heterocycles. The maximum Gasteiger partial charge on any atom is 0.137 e. The van der Waals surface area contributed by atoms with E-state index < -0.39 is 0 Å². The molecule has 0 unspecified atom stereocenters. The van der Waals surface area contributed by atoms with Gasteiger partial charge < -0.3 is 0 Å². The van der Waals surface area contributed by atoms with E-state index >= 15 is 0 Å². The summed E-state index contributed by atoms with van der Waals surface area (Å²) >= 11 is 0. The highest BCUT2D eigenvalue weighted by molar-refractivity contribution is 6.33. The minimum absolute atomic E-state index is 0.848. The molecule has 0 aliphatic rings. The zero-order valence-corrected chi connectivity index (χ0v) is 26.7. The first-order valence-electron chi connectivity index (χ1n) is 16.6. The van der Waals surface area contributed by atoms with E-state index in [1.165, 1.54) is 65.7 Å². The third-order valence-corrected chi connectivity index (χ3v) is 9.38. The monoisotopic (exact) mass is 625 g/mol. The standard InChI is InChI=1S/C46H31N3/c1-4-14-32(15-5-1)40-31-41(33-16-6-2-7-17-33)45-38-21-11-10-20-37(38)42-30-36(23-24-39(42)46(45)44(40)34-18-8-3-9-19-34)49(35-25-28-47-29-26-35)43-22-12-13-27-48-43/h1-31H. The third kappa shape index (κ3) is 5.00. The zero-order valence-electron chi connectivity index (χ0n) is 26.7. The second-order valence-electron chi connectivity index (χ2n) is 12.2. The van der Waals surface area contributed by atoms with Gasteiger partial charge in [-0.3, -0.25) is 9.88 Å². The van der Waals surface area contributed by atoms with Crippen LogP contribution in [0.5, 0.6) is 0 Å². The molecule has 0 N–H and O–H groups in total. The van der Waals surface area contributed by atoms with Gasteiger partial charge in [0.25, 0.3) is 0 Å². The molecule has 0 aliphatic heterocycles. The molecule has 3 nitrogen and oxygen atoms in total.